The Morgan fingerprint density at radius 3 is 2.94 bits per heavy atom. The van der Waals surface area contributed by atoms with E-state index in [0.717, 1.165) is 24.4 Å². The van der Waals surface area contributed by atoms with Crippen LogP contribution in [0.15, 0.2) is 34.9 Å². The molecule has 3 rings (SSSR count). The van der Waals surface area contributed by atoms with Gasteiger partial charge in [0.15, 0.2) is 5.76 Å². The maximum atomic E-state index is 5.21. The van der Waals surface area contributed by atoms with Crippen LogP contribution < -0.4 is 5.32 Å². The Morgan fingerprint density at radius 2 is 2.17 bits per heavy atom. The Bertz CT molecular complexity index is 533. The third kappa shape index (κ3) is 2.46. The Labute approximate surface area is 107 Å². The van der Waals surface area contributed by atoms with Crippen LogP contribution in [0.2, 0.25) is 0 Å². The summed E-state index contributed by atoms with van der Waals surface area (Å²) in [6.07, 6.45) is 3.48. The molecule has 0 fully saturated rings. The maximum Gasteiger partial charge on any atom is 0.150 e. The second-order valence-corrected chi connectivity index (χ2v) is 5.02. The number of nitrogens with zero attached hydrogens (tertiary/aromatic N) is 1. The molecular formula is C15H18N2O. The molecule has 1 aromatic carbocycles. The average molecular weight is 242 g/mol. The fourth-order valence-electron chi connectivity index (χ4n) is 2.62. The third-order valence-corrected chi connectivity index (χ3v) is 3.59. The molecule has 0 amide bonds. The first kappa shape index (κ1) is 11.5. The zero-order valence-corrected chi connectivity index (χ0v) is 10.6. The summed E-state index contributed by atoms with van der Waals surface area (Å²) in [6, 6.07) is 11.3. The first-order valence-electron chi connectivity index (χ1n) is 6.53. The monoisotopic (exact) mass is 242 g/mol. The summed E-state index contributed by atoms with van der Waals surface area (Å²) in [4.78, 5) is 0. The zero-order valence-electron chi connectivity index (χ0n) is 10.6. The van der Waals surface area contributed by atoms with E-state index >= 15 is 0 Å². The fourth-order valence-corrected chi connectivity index (χ4v) is 2.62. The second kappa shape index (κ2) is 4.94. The standard InChI is InChI=1S/C15H18N2O/c1-11-8-15(18-17-11)10-16-14-7-6-12-4-2-3-5-13(12)9-14/h2-5,8,14,16H,6-7,9-10H2,1H3. The molecule has 0 saturated carbocycles. The number of hydrogen-bond acceptors (Lipinski definition) is 3. The summed E-state index contributed by atoms with van der Waals surface area (Å²) in [5, 5.41) is 7.46. The van der Waals surface area contributed by atoms with E-state index in [1.54, 1.807) is 0 Å². The van der Waals surface area contributed by atoms with E-state index in [1.807, 2.05) is 13.0 Å². The summed E-state index contributed by atoms with van der Waals surface area (Å²) < 4.78 is 5.21. The van der Waals surface area contributed by atoms with Crippen LogP contribution in [0.5, 0.6) is 0 Å². The molecule has 0 spiro atoms. The molecule has 0 radical (unpaired) electrons. The van der Waals surface area contributed by atoms with Crippen LogP contribution >= 0.6 is 0 Å². The lowest BCUT2D eigenvalue weighted by atomic mass is 9.88. The van der Waals surface area contributed by atoms with Crippen LogP contribution in [0.4, 0.5) is 0 Å². The predicted octanol–water partition coefficient (Wildman–Crippen LogP) is 2.63. The average Bonchev–Trinajstić information content (AvgIpc) is 2.82. The van der Waals surface area contributed by atoms with E-state index in [1.165, 1.54) is 24.0 Å². The molecular weight excluding hydrogens is 224 g/mol. The molecule has 1 N–H and O–H groups in total. The van der Waals surface area contributed by atoms with Crippen LogP contribution in [-0.2, 0) is 19.4 Å². The molecule has 0 bridgehead atoms. The van der Waals surface area contributed by atoms with Gasteiger partial charge >= 0.3 is 0 Å². The van der Waals surface area contributed by atoms with Crippen molar-refractivity contribution in [3.63, 3.8) is 0 Å². The molecule has 1 aromatic heterocycles. The van der Waals surface area contributed by atoms with Crippen molar-refractivity contribution < 1.29 is 4.52 Å². The first-order valence-corrected chi connectivity index (χ1v) is 6.53. The van der Waals surface area contributed by atoms with Gasteiger partial charge < -0.3 is 9.84 Å². The van der Waals surface area contributed by atoms with Crippen molar-refractivity contribution in [3.8, 4) is 0 Å². The predicted molar refractivity (Wildman–Crippen MR) is 70.3 cm³/mol. The van der Waals surface area contributed by atoms with Gasteiger partial charge in [0.1, 0.15) is 0 Å². The smallest absolute Gasteiger partial charge is 0.150 e. The molecule has 1 unspecified atom stereocenters. The Morgan fingerprint density at radius 1 is 1.33 bits per heavy atom. The van der Waals surface area contributed by atoms with Crippen LogP contribution in [0.3, 0.4) is 0 Å². The molecule has 1 aliphatic carbocycles. The summed E-state index contributed by atoms with van der Waals surface area (Å²) in [7, 11) is 0. The maximum absolute atomic E-state index is 5.21. The summed E-state index contributed by atoms with van der Waals surface area (Å²) in [6.45, 7) is 2.72. The molecule has 2 aromatic rings. The first-order chi connectivity index (χ1) is 8.81. The van der Waals surface area contributed by atoms with E-state index in [0.29, 0.717) is 6.04 Å². The lowest BCUT2D eigenvalue weighted by Gasteiger charge is -2.25. The summed E-state index contributed by atoms with van der Waals surface area (Å²) in [5.74, 6) is 0.923. The van der Waals surface area contributed by atoms with E-state index in [2.05, 4.69) is 34.7 Å². The van der Waals surface area contributed by atoms with Crippen molar-refractivity contribution in [3.05, 3.63) is 52.9 Å². The summed E-state index contributed by atoms with van der Waals surface area (Å²) in [5.41, 5.74) is 3.93. The van der Waals surface area contributed by atoms with Crippen LogP contribution in [0, 0.1) is 6.92 Å². The number of aryl methyl sites for hydroxylation is 2. The fraction of sp³-hybridized carbons (Fsp3) is 0.400. The highest BCUT2D eigenvalue weighted by atomic mass is 16.5. The van der Waals surface area contributed by atoms with Crippen molar-refractivity contribution in [2.24, 2.45) is 0 Å². The van der Waals surface area contributed by atoms with Gasteiger partial charge in [0.25, 0.3) is 0 Å². The second-order valence-electron chi connectivity index (χ2n) is 5.02. The quantitative estimate of drug-likeness (QED) is 0.899. The highest BCUT2D eigenvalue weighted by Gasteiger charge is 2.17. The topological polar surface area (TPSA) is 38.1 Å². The lowest BCUT2D eigenvalue weighted by Crippen LogP contribution is -2.33. The molecule has 1 aliphatic rings. The van der Waals surface area contributed by atoms with Gasteiger partial charge in [0.05, 0.1) is 12.2 Å². The van der Waals surface area contributed by atoms with E-state index in [-0.39, 0.29) is 0 Å². The largest absolute Gasteiger partial charge is 0.360 e. The normalized spacial score (nSPS) is 18.6. The molecule has 3 nitrogen and oxygen atoms in total. The number of fused-ring (bicyclic) bond motifs is 1. The number of nitrogens with one attached hydrogen (secondary N) is 1. The Kier molecular flexibility index (Phi) is 3.15. The SMILES string of the molecule is Cc1cc(CNC2CCc3ccccc3C2)on1. The van der Waals surface area contributed by atoms with Gasteiger partial charge in [-0.3, -0.25) is 0 Å². The third-order valence-electron chi connectivity index (χ3n) is 3.59. The van der Waals surface area contributed by atoms with Crippen molar-refractivity contribution in [2.45, 2.75) is 38.8 Å². The summed E-state index contributed by atoms with van der Waals surface area (Å²) >= 11 is 0. The number of rotatable bonds is 3. The Balaban J connectivity index is 1.59. The van der Waals surface area contributed by atoms with Gasteiger partial charge in [0.2, 0.25) is 0 Å². The van der Waals surface area contributed by atoms with Crippen molar-refractivity contribution in [1.82, 2.24) is 10.5 Å². The molecule has 0 aliphatic heterocycles. The van der Waals surface area contributed by atoms with E-state index in [9.17, 15) is 0 Å². The van der Waals surface area contributed by atoms with Gasteiger partial charge in [-0.05, 0) is 37.3 Å². The molecule has 3 heteroatoms. The van der Waals surface area contributed by atoms with E-state index in [4.69, 9.17) is 4.52 Å². The number of aromatic nitrogens is 1. The van der Waals surface area contributed by atoms with Crippen molar-refractivity contribution in [2.75, 3.05) is 0 Å². The van der Waals surface area contributed by atoms with Crippen LogP contribution in [0.1, 0.15) is 29.0 Å². The molecule has 94 valence electrons. The van der Waals surface area contributed by atoms with Gasteiger partial charge in [-0.25, -0.2) is 0 Å². The van der Waals surface area contributed by atoms with Gasteiger partial charge in [0, 0.05) is 12.1 Å². The highest BCUT2D eigenvalue weighted by Crippen LogP contribution is 2.21. The Hall–Kier alpha value is -1.61. The molecule has 1 atom stereocenters. The molecule has 1 heterocycles. The number of benzene rings is 1. The van der Waals surface area contributed by atoms with E-state index < -0.39 is 0 Å². The van der Waals surface area contributed by atoms with Crippen molar-refractivity contribution in [1.29, 1.82) is 0 Å². The van der Waals surface area contributed by atoms with Gasteiger partial charge in [-0.15, -0.1) is 0 Å². The molecule has 0 saturated heterocycles. The lowest BCUT2D eigenvalue weighted by molar-refractivity contribution is 0.352. The van der Waals surface area contributed by atoms with Crippen molar-refractivity contribution >= 4 is 0 Å². The molecule has 18 heavy (non-hydrogen) atoms. The minimum Gasteiger partial charge on any atom is -0.360 e. The van der Waals surface area contributed by atoms with Crippen LogP contribution in [-0.4, -0.2) is 11.2 Å². The zero-order chi connectivity index (χ0) is 12.4. The van der Waals surface area contributed by atoms with Gasteiger partial charge in [-0.1, -0.05) is 29.4 Å². The van der Waals surface area contributed by atoms with Gasteiger partial charge in [-0.2, -0.15) is 0 Å². The minimum atomic E-state index is 0.547. The van der Waals surface area contributed by atoms with Crippen LogP contribution in [0.25, 0.3) is 0 Å². The minimum absolute atomic E-state index is 0.547. The highest BCUT2D eigenvalue weighted by molar-refractivity contribution is 5.30. The number of hydrogen-bond donors (Lipinski definition) is 1.